The Morgan fingerprint density at radius 2 is 1.58 bits per heavy atom. The van der Waals surface area contributed by atoms with Crippen LogP contribution in [-0.2, 0) is 6.61 Å². The molecule has 5 rings (SSSR count). The summed E-state index contributed by atoms with van der Waals surface area (Å²) in [5.74, 6) is 0.553. The molecule has 6 heteroatoms. The van der Waals surface area contributed by atoms with Gasteiger partial charge in [0.15, 0.2) is 11.5 Å². The molecule has 0 spiro atoms. The van der Waals surface area contributed by atoms with Crippen LogP contribution in [0.1, 0.15) is 21.5 Å². The summed E-state index contributed by atoms with van der Waals surface area (Å²) in [6.45, 7) is 0.399. The molecule has 5 aromatic carbocycles. The van der Waals surface area contributed by atoms with Crippen molar-refractivity contribution < 1.29 is 19.4 Å². The van der Waals surface area contributed by atoms with E-state index in [1.807, 2.05) is 60.7 Å². The van der Waals surface area contributed by atoms with Crippen molar-refractivity contribution in [3.05, 3.63) is 114 Å². The topological polar surface area (TPSA) is 80.2 Å². The zero-order valence-corrected chi connectivity index (χ0v) is 19.6. The summed E-state index contributed by atoms with van der Waals surface area (Å²) < 4.78 is 11.6. The lowest BCUT2D eigenvalue weighted by Crippen LogP contribution is -2.17. The Kier molecular flexibility index (Phi) is 6.49. The number of rotatable bonds is 7. The van der Waals surface area contributed by atoms with Gasteiger partial charge in [-0.2, -0.15) is 5.10 Å². The molecule has 0 saturated heterocycles. The molecule has 0 saturated carbocycles. The van der Waals surface area contributed by atoms with E-state index in [-0.39, 0.29) is 11.3 Å². The number of hydrogen-bond acceptors (Lipinski definition) is 5. The second-order valence-electron chi connectivity index (χ2n) is 8.25. The molecule has 0 bridgehead atoms. The number of phenols is 1. The molecule has 1 amide bonds. The number of phenolic OH excluding ortho intramolecular Hbond substituents is 1. The fourth-order valence-corrected chi connectivity index (χ4v) is 4.09. The molecular formula is C30H24N2O4. The minimum Gasteiger partial charge on any atom is -0.507 e. The normalized spacial score (nSPS) is 11.1. The lowest BCUT2D eigenvalue weighted by molar-refractivity contribution is 0.0952. The second kappa shape index (κ2) is 10.2. The van der Waals surface area contributed by atoms with Crippen LogP contribution in [0.5, 0.6) is 17.2 Å². The Morgan fingerprint density at radius 3 is 2.39 bits per heavy atom. The van der Waals surface area contributed by atoms with E-state index in [2.05, 4.69) is 28.7 Å². The van der Waals surface area contributed by atoms with Gasteiger partial charge in [-0.1, -0.05) is 66.7 Å². The molecular weight excluding hydrogens is 452 g/mol. The summed E-state index contributed by atoms with van der Waals surface area (Å²) >= 11 is 0. The van der Waals surface area contributed by atoms with E-state index in [0.29, 0.717) is 23.7 Å². The molecule has 0 atom stereocenters. The van der Waals surface area contributed by atoms with E-state index in [1.54, 1.807) is 25.3 Å². The summed E-state index contributed by atoms with van der Waals surface area (Å²) in [6.07, 6.45) is 1.51. The van der Waals surface area contributed by atoms with Crippen molar-refractivity contribution in [1.82, 2.24) is 5.43 Å². The summed E-state index contributed by atoms with van der Waals surface area (Å²) in [4.78, 5) is 12.6. The van der Waals surface area contributed by atoms with Crippen molar-refractivity contribution in [2.24, 2.45) is 5.10 Å². The number of nitrogens with one attached hydrogen (secondary N) is 1. The molecule has 2 N–H and O–H groups in total. The Balaban J connectivity index is 1.27. The summed E-state index contributed by atoms with van der Waals surface area (Å²) in [6, 6.07) is 30.5. The first-order chi connectivity index (χ1) is 17.6. The van der Waals surface area contributed by atoms with Gasteiger partial charge < -0.3 is 14.6 Å². The zero-order valence-electron chi connectivity index (χ0n) is 19.6. The van der Waals surface area contributed by atoms with E-state index in [4.69, 9.17) is 9.47 Å². The molecule has 0 radical (unpaired) electrons. The van der Waals surface area contributed by atoms with Crippen LogP contribution < -0.4 is 14.9 Å². The third-order valence-electron chi connectivity index (χ3n) is 5.94. The number of amides is 1. The van der Waals surface area contributed by atoms with E-state index in [1.165, 1.54) is 6.21 Å². The van der Waals surface area contributed by atoms with Gasteiger partial charge in [0.25, 0.3) is 5.91 Å². The van der Waals surface area contributed by atoms with Gasteiger partial charge >= 0.3 is 0 Å². The SMILES string of the molecule is COc1cc(/C=N/NC(=O)c2cc3ccccc3cc2O)ccc1OCc1cccc2ccccc12. The Morgan fingerprint density at radius 1 is 0.861 bits per heavy atom. The van der Waals surface area contributed by atoms with Crippen LogP contribution in [0.4, 0.5) is 0 Å². The Bertz CT molecular complexity index is 1590. The lowest BCUT2D eigenvalue weighted by Gasteiger charge is -2.12. The third-order valence-corrected chi connectivity index (χ3v) is 5.94. The predicted molar refractivity (Wildman–Crippen MR) is 142 cm³/mol. The first-order valence-electron chi connectivity index (χ1n) is 11.4. The highest BCUT2D eigenvalue weighted by atomic mass is 16.5. The number of nitrogens with zero attached hydrogens (tertiary/aromatic N) is 1. The number of carbonyl (C=O) groups is 1. The van der Waals surface area contributed by atoms with Gasteiger partial charge in [-0.3, -0.25) is 4.79 Å². The maximum absolute atomic E-state index is 12.6. The number of aromatic hydroxyl groups is 1. The molecule has 0 fully saturated rings. The third kappa shape index (κ3) is 4.83. The first kappa shape index (κ1) is 22.9. The number of methoxy groups -OCH3 is 1. The predicted octanol–water partition coefficient (Wildman–Crippen LogP) is 6.05. The quantitative estimate of drug-likeness (QED) is 0.221. The molecule has 0 aliphatic carbocycles. The summed E-state index contributed by atoms with van der Waals surface area (Å²) in [5, 5.41) is 18.3. The van der Waals surface area contributed by atoms with Gasteiger partial charge in [-0.25, -0.2) is 5.43 Å². The van der Waals surface area contributed by atoms with Gasteiger partial charge in [-0.05, 0) is 63.0 Å². The Hall–Kier alpha value is -4.84. The van der Waals surface area contributed by atoms with Crippen LogP contribution in [0.15, 0.2) is 102 Å². The molecule has 0 aliphatic rings. The zero-order chi connectivity index (χ0) is 24.9. The van der Waals surface area contributed by atoms with Crippen LogP contribution in [0.3, 0.4) is 0 Å². The highest BCUT2D eigenvalue weighted by Crippen LogP contribution is 2.29. The van der Waals surface area contributed by atoms with Crippen LogP contribution in [0.25, 0.3) is 21.5 Å². The average Bonchev–Trinajstić information content (AvgIpc) is 2.91. The van der Waals surface area contributed by atoms with Gasteiger partial charge in [0, 0.05) is 0 Å². The largest absolute Gasteiger partial charge is 0.507 e. The van der Waals surface area contributed by atoms with Crippen LogP contribution in [0.2, 0.25) is 0 Å². The molecule has 0 heterocycles. The van der Waals surface area contributed by atoms with Crippen LogP contribution in [-0.4, -0.2) is 24.3 Å². The molecule has 5 aromatic rings. The molecule has 0 unspecified atom stereocenters. The second-order valence-corrected chi connectivity index (χ2v) is 8.25. The number of fused-ring (bicyclic) bond motifs is 2. The number of hydrogen-bond donors (Lipinski definition) is 2. The van der Waals surface area contributed by atoms with Crippen molar-refractivity contribution in [1.29, 1.82) is 0 Å². The number of ether oxygens (including phenoxy) is 2. The molecule has 0 aliphatic heterocycles. The number of hydrazone groups is 1. The molecule has 0 aromatic heterocycles. The van der Waals surface area contributed by atoms with Crippen molar-refractivity contribution in [2.75, 3.05) is 7.11 Å². The monoisotopic (exact) mass is 476 g/mol. The summed E-state index contributed by atoms with van der Waals surface area (Å²) in [5.41, 5.74) is 4.42. The average molecular weight is 477 g/mol. The molecule has 6 nitrogen and oxygen atoms in total. The number of carbonyl (C=O) groups excluding carboxylic acids is 1. The van der Waals surface area contributed by atoms with Crippen molar-refractivity contribution in [3.8, 4) is 17.2 Å². The molecule has 36 heavy (non-hydrogen) atoms. The van der Waals surface area contributed by atoms with Crippen LogP contribution in [0, 0.1) is 0 Å². The van der Waals surface area contributed by atoms with Gasteiger partial charge in [0.05, 0.1) is 18.9 Å². The maximum atomic E-state index is 12.6. The van der Waals surface area contributed by atoms with Crippen molar-refractivity contribution in [2.45, 2.75) is 6.61 Å². The smallest absolute Gasteiger partial charge is 0.275 e. The number of benzene rings is 5. The highest BCUT2D eigenvalue weighted by molar-refractivity contribution is 6.01. The minimum atomic E-state index is -0.503. The fourth-order valence-electron chi connectivity index (χ4n) is 4.09. The first-order valence-corrected chi connectivity index (χ1v) is 11.4. The van der Waals surface area contributed by atoms with Crippen molar-refractivity contribution in [3.63, 3.8) is 0 Å². The fraction of sp³-hybridized carbons (Fsp3) is 0.0667. The van der Waals surface area contributed by atoms with Crippen LogP contribution >= 0.6 is 0 Å². The van der Waals surface area contributed by atoms with Crippen molar-refractivity contribution >= 4 is 33.7 Å². The highest BCUT2D eigenvalue weighted by Gasteiger charge is 2.12. The van der Waals surface area contributed by atoms with E-state index in [9.17, 15) is 9.90 Å². The van der Waals surface area contributed by atoms with Gasteiger partial charge in [0.2, 0.25) is 0 Å². The molecule has 178 valence electrons. The minimum absolute atomic E-state index is 0.101. The maximum Gasteiger partial charge on any atom is 0.275 e. The van der Waals surface area contributed by atoms with Gasteiger partial charge in [0.1, 0.15) is 12.4 Å². The van der Waals surface area contributed by atoms with Gasteiger partial charge in [-0.15, -0.1) is 0 Å². The standard InChI is InChI=1S/C30H24N2O4/c1-35-29-15-20(13-14-28(29)36-19-24-11-6-10-21-7-4-5-12-25(21)24)18-31-32-30(34)26-16-22-8-2-3-9-23(22)17-27(26)33/h2-18,33H,19H2,1H3,(H,32,34)/b31-18+. The summed E-state index contributed by atoms with van der Waals surface area (Å²) in [7, 11) is 1.57. The van der Waals surface area contributed by atoms with E-state index in [0.717, 1.165) is 27.1 Å². The lowest BCUT2D eigenvalue weighted by atomic mass is 10.1. The van der Waals surface area contributed by atoms with E-state index >= 15 is 0 Å². The Labute approximate surface area is 208 Å². The van der Waals surface area contributed by atoms with E-state index < -0.39 is 5.91 Å².